The highest BCUT2D eigenvalue weighted by Crippen LogP contribution is 2.47. The van der Waals surface area contributed by atoms with E-state index in [1.807, 2.05) is 37.3 Å². The number of hydrogen-bond acceptors (Lipinski definition) is 5. The summed E-state index contributed by atoms with van der Waals surface area (Å²) in [4.78, 5) is 12.5. The molecular formula is C21H20ClN3O3S. The first-order valence-corrected chi connectivity index (χ1v) is 10.4. The number of anilines is 1. The largest absolute Gasteiger partial charge is 0.497 e. The fourth-order valence-corrected chi connectivity index (χ4v) is 4.77. The molecule has 1 aliphatic rings. The molecule has 1 amide bonds. The molecule has 0 saturated carbocycles. The van der Waals surface area contributed by atoms with E-state index >= 15 is 0 Å². The van der Waals surface area contributed by atoms with Crippen LogP contribution in [0.15, 0.2) is 42.5 Å². The van der Waals surface area contributed by atoms with Crippen LogP contribution in [-0.4, -0.2) is 35.7 Å². The molecule has 0 aliphatic carbocycles. The number of amides is 1. The average Bonchev–Trinajstić information content (AvgIpc) is 2.93. The highest BCUT2D eigenvalue weighted by Gasteiger charge is 2.32. The van der Waals surface area contributed by atoms with Gasteiger partial charge in [-0.1, -0.05) is 11.6 Å². The number of fused-ring (bicyclic) bond motifs is 1. The Kier molecular flexibility index (Phi) is 5.43. The molecule has 1 aromatic heterocycles. The highest BCUT2D eigenvalue weighted by atomic mass is 35.5. The molecule has 0 spiro atoms. The number of thioether (sulfide) groups is 1. The number of nitrogens with one attached hydrogen (secondary N) is 1. The lowest BCUT2D eigenvalue weighted by Crippen LogP contribution is -2.15. The maximum atomic E-state index is 12.5. The van der Waals surface area contributed by atoms with Crippen LogP contribution in [0.4, 0.5) is 5.82 Å². The van der Waals surface area contributed by atoms with Crippen LogP contribution < -0.4 is 14.8 Å². The number of rotatable bonds is 4. The van der Waals surface area contributed by atoms with Crippen LogP contribution in [0.25, 0.3) is 5.69 Å². The van der Waals surface area contributed by atoms with Crippen molar-refractivity contribution < 1.29 is 14.3 Å². The molecule has 4 rings (SSSR count). The number of benzene rings is 2. The number of carbonyl (C=O) groups excluding carboxylic acids is 1. The van der Waals surface area contributed by atoms with Crippen LogP contribution in [-0.2, 0) is 4.79 Å². The van der Waals surface area contributed by atoms with Crippen LogP contribution in [0.5, 0.6) is 11.5 Å². The molecule has 0 fully saturated rings. The van der Waals surface area contributed by atoms with Crippen LogP contribution >= 0.6 is 23.4 Å². The number of aromatic nitrogens is 2. The summed E-state index contributed by atoms with van der Waals surface area (Å²) in [6.45, 7) is 1.95. The van der Waals surface area contributed by atoms with Gasteiger partial charge in [0.15, 0.2) is 0 Å². The summed E-state index contributed by atoms with van der Waals surface area (Å²) < 4.78 is 12.8. The minimum atomic E-state index is -0.143. The third-order valence-electron chi connectivity index (χ3n) is 4.80. The standard InChI is InChI=1S/C21H20ClN3O3S/c1-12-19-20(16-10-15(27-2)8-9-17(16)28-3)29-11-18(26)23-21(19)25(24-12)14-6-4-13(22)5-7-14/h4-10,20H,11H2,1-3H3,(H,23,26)/t20-/m0/s1. The van der Waals surface area contributed by atoms with Crippen molar-refractivity contribution in [1.29, 1.82) is 0 Å². The Labute approximate surface area is 178 Å². The smallest absolute Gasteiger partial charge is 0.235 e. The van der Waals surface area contributed by atoms with Gasteiger partial charge in [0, 0.05) is 16.1 Å². The van der Waals surface area contributed by atoms with Gasteiger partial charge in [0.05, 0.1) is 36.6 Å². The molecule has 1 aliphatic heterocycles. The summed E-state index contributed by atoms with van der Waals surface area (Å²) >= 11 is 7.57. The van der Waals surface area contributed by atoms with Crippen LogP contribution in [0, 0.1) is 6.92 Å². The molecule has 8 heteroatoms. The third kappa shape index (κ3) is 3.68. The van der Waals surface area contributed by atoms with Crippen molar-refractivity contribution in [2.24, 2.45) is 0 Å². The van der Waals surface area contributed by atoms with E-state index in [0.29, 0.717) is 16.6 Å². The molecule has 3 aromatic rings. The van der Waals surface area contributed by atoms with Gasteiger partial charge in [0.2, 0.25) is 5.91 Å². The van der Waals surface area contributed by atoms with Crippen molar-refractivity contribution in [3.63, 3.8) is 0 Å². The predicted molar refractivity (Wildman–Crippen MR) is 116 cm³/mol. The summed E-state index contributed by atoms with van der Waals surface area (Å²) in [5.74, 6) is 2.38. The van der Waals surface area contributed by atoms with Crippen LogP contribution in [0.2, 0.25) is 5.02 Å². The number of halogens is 1. The van der Waals surface area contributed by atoms with Crippen LogP contribution in [0.3, 0.4) is 0 Å². The Balaban J connectivity index is 1.91. The van der Waals surface area contributed by atoms with Gasteiger partial charge in [0.25, 0.3) is 0 Å². The second kappa shape index (κ2) is 8.00. The van der Waals surface area contributed by atoms with E-state index in [0.717, 1.165) is 34.0 Å². The Bertz CT molecular complexity index is 1070. The first-order valence-electron chi connectivity index (χ1n) is 9.00. The van der Waals surface area contributed by atoms with Crippen molar-refractivity contribution in [3.8, 4) is 17.2 Å². The lowest BCUT2D eigenvalue weighted by molar-refractivity contribution is -0.113. The third-order valence-corrected chi connectivity index (χ3v) is 6.30. The van der Waals surface area contributed by atoms with Gasteiger partial charge in [-0.15, -0.1) is 11.8 Å². The number of nitrogens with zero attached hydrogens (tertiary/aromatic N) is 2. The fraction of sp³-hybridized carbons (Fsp3) is 0.238. The Morgan fingerprint density at radius 1 is 1.17 bits per heavy atom. The number of ether oxygens (including phenoxy) is 2. The van der Waals surface area contributed by atoms with E-state index in [-0.39, 0.29) is 11.2 Å². The quantitative estimate of drug-likeness (QED) is 0.655. The molecule has 6 nitrogen and oxygen atoms in total. The normalized spacial score (nSPS) is 16.0. The minimum absolute atomic E-state index is 0.0734. The molecule has 0 radical (unpaired) electrons. The SMILES string of the molecule is COc1ccc(OC)c([C@@H]2SCC(=O)Nc3c2c(C)nn3-c2ccc(Cl)cc2)c1. The summed E-state index contributed by atoms with van der Waals surface area (Å²) in [6.07, 6.45) is 0. The Morgan fingerprint density at radius 2 is 1.93 bits per heavy atom. The zero-order valence-electron chi connectivity index (χ0n) is 16.2. The molecule has 29 heavy (non-hydrogen) atoms. The first-order chi connectivity index (χ1) is 14.0. The minimum Gasteiger partial charge on any atom is -0.497 e. The van der Waals surface area contributed by atoms with Crippen molar-refractivity contribution >= 4 is 35.1 Å². The maximum absolute atomic E-state index is 12.5. The van der Waals surface area contributed by atoms with E-state index in [9.17, 15) is 4.79 Å². The summed E-state index contributed by atoms with van der Waals surface area (Å²) in [5.41, 5.74) is 3.54. The predicted octanol–water partition coefficient (Wildman–Crippen LogP) is 4.63. The van der Waals surface area contributed by atoms with Gasteiger partial charge in [0.1, 0.15) is 17.3 Å². The fourth-order valence-electron chi connectivity index (χ4n) is 3.44. The van der Waals surface area contributed by atoms with Crippen molar-refractivity contribution in [3.05, 3.63) is 64.3 Å². The Morgan fingerprint density at radius 3 is 2.62 bits per heavy atom. The molecule has 0 unspecified atom stereocenters. The molecule has 0 saturated heterocycles. The summed E-state index contributed by atoms with van der Waals surface area (Å²) in [7, 11) is 3.27. The molecule has 150 valence electrons. The number of carbonyl (C=O) groups is 1. The monoisotopic (exact) mass is 429 g/mol. The number of methoxy groups -OCH3 is 2. The molecule has 2 heterocycles. The van der Waals surface area contributed by atoms with Gasteiger partial charge in [-0.3, -0.25) is 4.79 Å². The van der Waals surface area contributed by atoms with Gasteiger partial charge in [-0.25, -0.2) is 4.68 Å². The van der Waals surface area contributed by atoms with Gasteiger partial charge in [-0.2, -0.15) is 5.10 Å². The topological polar surface area (TPSA) is 65.4 Å². The van der Waals surface area contributed by atoms with E-state index in [1.54, 1.807) is 31.0 Å². The number of hydrogen-bond donors (Lipinski definition) is 1. The lowest BCUT2D eigenvalue weighted by Gasteiger charge is -2.19. The molecule has 2 aromatic carbocycles. The second-order valence-corrected chi connectivity index (χ2v) is 8.11. The average molecular weight is 430 g/mol. The van der Waals surface area contributed by atoms with E-state index in [1.165, 1.54) is 11.8 Å². The molecular weight excluding hydrogens is 410 g/mol. The molecule has 1 N–H and O–H groups in total. The summed E-state index contributed by atoms with van der Waals surface area (Å²) in [5, 5.41) is 8.24. The van der Waals surface area contributed by atoms with Crippen molar-refractivity contribution in [2.45, 2.75) is 12.2 Å². The molecule has 1 atom stereocenters. The van der Waals surface area contributed by atoms with Crippen molar-refractivity contribution in [1.82, 2.24) is 9.78 Å². The van der Waals surface area contributed by atoms with E-state index < -0.39 is 0 Å². The maximum Gasteiger partial charge on any atom is 0.235 e. The summed E-state index contributed by atoms with van der Waals surface area (Å²) in [6, 6.07) is 13.0. The van der Waals surface area contributed by atoms with E-state index in [2.05, 4.69) is 5.32 Å². The first kappa shape index (κ1) is 19.7. The lowest BCUT2D eigenvalue weighted by atomic mass is 10.0. The Hall–Kier alpha value is -2.64. The zero-order chi connectivity index (χ0) is 20.5. The van der Waals surface area contributed by atoms with Gasteiger partial charge in [-0.05, 0) is 49.4 Å². The second-order valence-electron chi connectivity index (χ2n) is 6.58. The van der Waals surface area contributed by atoms with E-state index in [4.69, 9.17) is 26.2 Å². The van der Waals surface area contributed by atoms with Gasteiger partial charge < -0.3 is 14.8 Å². The molecule has 0 bridgehead atoms. The van der Waals surface area contributed by atoms with Crippen molar-refractivity contribution in [2.75, 3.05) is 25.3 Å². The number of aryl methyl sites for hydroxylation is 1. The zero-order valence-corrected chi connectivity index (χ0v) is 17.8. The van der Waals surface area contributed by atoms with Crippen LogP contribution in [0.1, 0.15) is 22.1 Å². The van der Waals surface area contributed by atoms with Gasteiger partial charge >= 0.3 is 0 Å². The highest BCUT2D eigenvalue weighted by molar-refractivity contribution is 8.00.